The number of thiophene rings is 1. The first kappa shape index (κ1) is 23.3. The van der Waals surface area contributed by atoms with E-state index in [2.05, 4.69) is 4.98 Å². The highest BCUT2D eigenvalue weighted by Crippen LogP contribution is 2.38. The Kier molecular flexibility index (Phi) is 6.68. The Bertz CT molecular complexity index is 1050. The molecule has 2 aromatic heterocycles. The first-order valence-electron chi connectivity index (χ1n) is 9.67. The summed E-state index contributed by atoms with van der Waals surface area (Å²) >= 11 is 2.80. The molecule has 3 heterocycles. The van der Waals surface area contributed by atoms with Gasteiger partial charge in [-0.2, -0.15) is 24.5 Å². The molecule has 1 aromatic carbocycles. The Morgan fingerprint density at radius 3 is 2.50 bits per heavy atom. The molecule has 1 fully saturated rings. The van der Waals surface area contributed by atoms with Crippen molar-refractivity contribution in [3.8, 4) is 10.4 Å². The Hall–Kier alpha value is -1.86. The van der Waals surface area contributed by atoms with Crippen molar-refractivity contribution in [3.63, 3.8) is 0 Å². The zero-order valence-electron chi connectivity index (χ0n) is 16.4. The van der Waals surface area contributed by atoms with Crippen molar-refractivity contribution in [1.29, 1.82) is 0 Å². The number of nitrogens with zero attached hydrogens (tertiary/aromatic N) is 1. The Morgan fingerprint density at radius 1 is 1.06 bits per heavy atom. The molecule has 1 aliphatic rings. The molecular weight excluding hydrogens is 467 g/mol. The molecule has 0 spiro atoms. The number of rotatable bonds is 5. The highest BCUT2D eigenvalue weighted by atomic mass is 32.1. The fourth-order valence-corrected chi connectivity index (χ4v) is 5.35. The van der Waals surface area contributed by atoms with Crippen LogP contribution >= 0.6 is 22.7 Å². The van der Waals surface area contributed by atoms with Gasteiger partial charge in [0.1, 0.15) is 30.5 Å². The lowest BCUT2D eigenvalue weighted by Gasteiger charge is -2.40. The molecule has 0 aliphatic carbocycles. The normalized spacial score (nSPS) is 26.4. The van der Waals surface area contributed by atoms with Crippen molar-refractivity contribution >= 4 is 22.7 Å². The van der Waals surface area contributed by atoms with Gasteiger partial charge in [0, 0.05) is 18.2 Å². The van der Waals surface area contributed by atoms with Gasteiger partial charge >= 0.3 is 6.18 Å². The second kappa shape index (κ2) is 9.18. The molecule has 3 aromatic rings. The van der Waals surface area contributed by atoms with Crippen LogP contribution in [0.1, 0.15) is 27.8 Å². The first-order valence-corrected chi connectivity index (χ1v) is 11.4. The smallest absolute Gasteiger partial charge is 0.394 e. The van der Waals surface area contributed by atoms with Gasteiger partial charge in [0.2, 0.25) is 0 Å². The van der Waals surface area contributed by atoms with E-state index in [0.717, 1.165) is 22.6 Å². The van der Waals surface area contributed by atoms with E-state index in [9.17, 15) is 33.6 Å². The average Bonchev–Trinajstić information content (AvgIpc) is 3.43. The van der Waals surface area contributed by atoms with Crippen LogP contribution in [0.25, 0.3) is 10.4 Å². The molecule has 1 aliphatic heterocycles. The monoisotopic (exact) mass is 487 g/mol. The van der Waals surface area contributed by atoms with Crippen molar-refractivity contribution in [1.82, 2.24) is 4.98 Å². The second-order valence-corrected chi connectivity index (χ2v) is 9.37. The zero-order valence-corrected chi connectivity index (χ0v) is 18.1. The summed E-state index contributed by atoms with van der Waals surface area (Å²) < 4.78 is 46.5. The quantitative estimate of drug-likeness (QED) is 0.441. The van der Waals surface area contributed by atoms with E-state index in [-0.39, 0.29) is 17.5 Å². The van der Waals surface area contributed by atoms with Gasteiger partial charge in [-0.3, -0.25) is 0 Å². The second-order valence-electron chi connectivity index (χ2n) is 7.47. The minimum absolute atomic E-state index is 0.0572. The zero-order chi connectivity index (χ0) is 23.0. The van der Waals surface area contributed by atoms with Gasteiger partial charge in [-0.05, 0) is 34.0 Å². The SMILES string of the molecule is OC[C@H]1O[C@@H](c2ccc(C(F)(F)F)c(Cc3ncc(-c4ccsc4)s3)c2)[C@H](O)[C@@H](O)[C@@H]1O. The number of aliphatic hydroxyl groups excluding tert-OH is 4. The molecule has 32 heavy (non-hydrogen) atoms. The molecule has 4 N–H and O–H groups in total. The molecule has 0 saturated carbocycles. The summed E-state index contributed by atoms with van der Waals surface area (Å²) in [6, 6.07) is 5.24. The summed E-state index contributed by atoms with van der Waals surface area (Å²) in [4.78, 5) is 5.11. The minimum Gasteiger partial charge on any atom is -0.394 e. The Balaban J connectivity index is 1.67. The number of benzene rings is 1. The van der Waals surface area contributed by atoms with Crippen LogP contribution in [0.15, 0.2) is 41.2 Å². The maximum absolute atomic E-state index is 13.7. The summed E-state index contributed by atoms with van der Waals surface area (Å²) in [6.45, 7) is -0.626. The number of alkyl halides is 3. The van der Waals surface area contributed by atoms with E-state index in [1.165, 1.54) is 28.7 Å². The number of hydrogen-bond donors (Lipinski definition) is 4. The molecule has 0 radical (unpaired) electrons. The molecule has 1 saturated heterocycles. The number of aromatic nitrogens is 1. The van der Waals surface area contributed by atoms with Crippen LogP contribution in [0.2, 0.25) is 0 Å². The van der Waals surface area contributed by atoms with Crippen LogP contribution in [-0.2, 0) is 17.3 Å². The van der Waals surface area contributed by atoms with Crippen molar-refractivity contribution in [2.45, 2.75) is 43.1 Å². The Labute approximate surface area is 189 Å². The lowest BCUT2D eigenvalue weighted by molar-refractivity contribution is -0.231. The number of thiazole rings is 1. The summed E-state index contributed by atoms with van der Waals surface area (Å²) in [5, 5.41) is 44.0. The maximum atomic E-state index is 13.7. The lowest BCUT2D eigenvalue weighted by Crippen LogP contribution is -2.55. The van der Waals surface area contributed by atoms with Gasteiger partial charge in [-0.25, -0.2) is 4.98 Å². The lowest BCUT2D eigenvalue weighted by atomic mass is 9.89. The molecule has 4 rings (SSSR count). The van der Waals surface area contributed by atoms with Crippen LogP contribution in [0.5, 0.6) is 0 Å². The van der Waals surface area contributed by atoms with E-state index in [0.29, 0.717) is 5.01 Å². The van der Waals surface area contributed by atoms with Gasteiger partial charge in [-0.15, -0.1) is 11.3 Å². The summed E-state index contributed by atoms with van der Waals surface area (Å²) in [6.07, 6.45) is -10.2. The molecule has 0 amide bonds. The van der Waals surface area contributed by atoms with E-state index in [1.807, 2.05) is 16.8 Å². The van der Waals surface area contributed by atoms with E-state index in [4.69, 9.17) is 4.74 Å². The summed E-state index contributed by atoms with van der Waals surface area (Å²) in [5.74, 6) is 0. The van der Waals surface area contributed by atoms with Crippen molar-refractivity contribution in [2.75, 3.05) is 6.61 Å². The predicted octanol–water partition coefficient (Wildman–Crippen LogP) is 3.00. The van der Waals surface area contributed by atoms with Crippen LogP contribution in [0, 0.1) is 0 Å². The third-order valence-electron chi connectivity index (χ3n) is 5.36. The summed E-state index contributed by atoms with van der Waals surface area (Å²) in [5.41, 5.74) is 0.251. The topological polar surface area (TPSA) is 103 Å². The molecule has 6 nitrogen and oxygen atoms in total. The van der Waals surface area contributed by atoms with E-state index in [1.54, 1.807) is 6.20 Å². The van der Waals surface area contributed by atoms with E-state index >= 15 is 0 Å². The fourth-order valence-electron chi connectivity index (χ4n) is 3.68. The van der Waals surface area contributed by atoms with Crippen molar-refractivity contribution in [3.05, 3.63) is 62.9 Å². The van der Waals surface area contributed by atoms with Crippen LogP contribution < -0.4 is 0 Å². The van der Waals surface area contributed by atoms with Crippen molar-refractivity contribution < 1.29 is 38.3 Å². The third kappa shape index (κ3) is 4.60. The van der Waals surface area contributed by atoms with Crippen molar-refractivity contribution in [2.24, 2.45) is 0 Å². The molecular formula is C21H20F3NO5S2. The van der Waals surface area contributed by atoms with Gasteiger partial charge in [0.15, 0.2) is 0 Å². The van der Waals surface area contributed by atoms with Gasteiger partial charge in [0.25, 0.3) is 0 Å². The van der Waals surface area contributed by atoms with Gasteiger partial charge in [0.05, 0.1) is 22.1 Å². The van der Waals surface area contributed by atoms with Gasteiger partial charge in [-0.1, -0.05) is 12.1 Å². The highest BCUT2D eigenvalue weighted by molar-refractivity contribution is 7.15. The van der Waals surface area contributed by atoms with Crippen LogP contribution in [0.4, 0.5) is 13.2 Å². The fraction of sp³-hybridized carbons (Fsp3) is 0.381. The molecule has 172 valence electrons. The number of ether oxygens (including phenoxy) is 1. The molecule has 0 unspecified atom stereocenters. The number of hydrogen-bond acceptors (Lipinski definition) is 8. The Morgan fingerprint density at radius 2 is 1.84 bits per heavy atom. The number of aliphatic hydroxyl groups is 4. The average molecular weight is 488 g/mol. The molecule has 5 atom stereocenters. The predicted molar refractivity (Wildman–Crippen MR) is 112 cm³/mol. The highest BCUT2D eigenvalue weighted by Gasteiger charge is 2.44. The molecule has 0 bridgehead atoms. The third-order valence-corrected chi connectivity index (χ3v) is 7.09. The minimum atomic E-state index is -4.60. The number of halogens is 3. The van der Waals surface area contributed by atoms with Crippen LogP contribution in [0.3, 0.4) is 0 Å². The molecule has 11 heteroatoms. The van der Waals surface area contributed by atoms with Gasteiger partial charge < -0.3 is 25.2 Å². The maximum Gasteiger partial charge on any atom is 0.416 e. The standard InChI is InChI=1S/C21H20F3NO5S2/c22-21(23,24)13-2-1-10(20-19(29)18(28)17(27)14(8-26)30-20)5-12(13)6-16-25-7-15(32-16)11-3-4-31-9-11/h1-5,7,9,14,17-20,26-29H,6,8H2/t14-,17-,18+,19-,20+/m1/s1. The summed E-state index contributed by atoms with van der Waals surface area (Å²) in [7, 11) is 0. The first-order chi connectivity index (χ1) is 15.2. The van der Waals surface area contributed by atoms with E-state index < -0.39 is 48.9 Å². The largest absolute Gasteiger partial charge is 0.416 e. The van der Waals surface area contributed by atoms with Crippen LogP contribution in [-0.4, -0.2) is 56.4 Å².